The minimum absolute atomic E-state index is 0.140. The third kappa shape index (κ3) is 8.20. The molecule has 0 saturated carbocycles. The molecule has 1 aliphatic rings. The van der Waals surface area contributed by atoms with Crippen molar-refractivity contribution in [1.82, 2.24) is 10.2 Å². The van der Waals surface area contributed by atoms with Gasteiger partial charge in [0.1, 0.15) is 17.6 Å². The number of carbonyl (C=O) groups is 2. The molecule has 2 aromatic carbocycles. The first-order valence-electron chi connectivity index (χ1n) is 10.0. The second-order valence-electron chi connectivity index (χ2n) is 7.00. The molecule has 2 N–H and O–H groups in total. The summed E-state index contributed by atoms with van der Waals surface area (Å²) >= 11 is 17.0. The third-order valence-electron chi connectivity index (χ3n) is 4.74. The van der Waals surface area contributed by atoms with Gasteiger partial charge in [0.15, 0.2) is 0 Å². The molecule has 3 rings (SSSR count). The smallest absolute Gasteiger partial charge is 0.290 e. The summed E-state index contributed by atoms with van der Waals surface area (Å²) in [6.07, 6.45) is 4.87. The maximum Gasteiger partial charge on any atom is 0.290 e. The fourth-order valence-electron chi connectivity index (χ4n) is 3.10. The summed E-state index contributed by atoms with van der Waals surface area (Å²) in [5, 5.41) is 10.7. The van der Waals surface area contributed by atoms with Gasteiger partial charge in [-0.25, -0.2) is 0 Å². The fraction of sp³-hybridized carbons (Fsp3) is 0.208. The number of likely N-dealkylation sites (N-methyl/N-ethyl adjacent to an activating group) is 1. The van der Waals surface area contributed by atoms with E-state index in [1.54, 1.807) is 30.2 Å². The first-order valence-corrected chi connectivity index (χ1v) is 11.2. The maximum absolute atomic E-state index is 12.9. The molecule has 174 valence electrons. The quantitative estimate of drug-likeness (QED) is 0.299. The van der Waals surface area contributed by atoms with Gasteiger partial charge in [-0.05, 0) is 42.3 Å². The number of benzene rings is 2. The normalized spacial score (nSPS) is 14.8. The number of halogens is 2. The van der Waals surface area contributed by atoms with E-state index in [0.29, 0.717) is 34.5 Å². The molecule has 2 aromatic rings. The predicted molar refractivity (Wildman–Crippen MR) is 135 cm³/mol. The van der Waals surface area contributed by atoms with Crippen LogP contribution in [-0.2, 0) is 20.7 Å². The van der Waals surface area contributed by atoms with Crippen molar-refractivity contribution in [2.75, 3.05) is 13.6 Å². The summed E-state index contributed by atoms with van der Waals surface area (Å²) in [5.41, 5.74) is 3.75. The zero-order chi connectivity index (χ0) is 24.2. The zero-order valence-electron chi connectivity index (χ0n) is 17.9. The fourth-order valence-corrected chi connectivity index (χ4v) is 3.52. The molecule has 1 atom stereocenters. The van der Waals surface area contributed by atoms with E-state index >= 15 is 0 Å². The second kappa shape index (κ2) is 13.6. The van der Waals surface area contributed by atoms with E-state index in [9.17, 15) is 4.79 Å². The summed E-state index contributed by atoms with van der Waals surface area (Å²) in [4.78, 5) is 22.9. The van der Waals surface area contributed by atoms with E-state index in [2.05, 4.69) is 5.32 Å². The predicted octanol–water partition coefficient (Wildman–Crippen LogP) is 4.96. The first kappa shape index (κ1) is 26.4. The lowest BCUT2D eigenvalue weighted by Crippen LogP contribution is -2.35. The summed E-state index contributed by atoms with van der Waals surface area (Å²) in [5.74, 6) is 0.569. The number of hydrogen-bond acceptors (Lipinski definition) is 4. The standard InChI is InChI=1S/C23H22Cl2N2O2S.CH2O2/c1-27(12-11-16-5-3-2-4-6-16)23(28)21(26-15-30)14-18-8-10-22(29-18)17-7-9-19(24)20(25)13-17;2-1-3/h2-7,9-10,13-15,18H,8,11-12H2,1H3,(H,26,30);1H,(H,2,3)/b21-14+;. The van der Waals surface area contributed by atoms with E-state index in [1.165, 1.54) is 11.1 Å². The molecular weight excluding hydrogens is 483 g/mol. The van der Waals surface area contributed by atoms with Gasteiger partial charge in [0.25, 0.3) is 12.4 Å². The molecule has 1 amide bonds. The van der Waals surface area contributed by atoms with Crippen LogP contribution in [-0.4, -0.2) is 47.6 Å². The number of ether oxygens (including phenoxy) is 1. The number of hydrogen-bond donors (Lipinski definition) is 2. The lowest BCUT2D eigenvalue weighted by atomic mass is 10.1. The van der Waals surface area contributed by atoms with Gasteiger partial charge in [-0.1, -0.05) is 65.8 Å². The van der Waals surface area contributed by atoms with Crippen molar-refractivity contribution in [2.45, 2.75) is 18.9 Å². The summed E-state index contributed by atoms with van der Waals surface area (Å²) in [6.45, 7) is 0.345. The highest BCUT2D eigenvalue weighted by Gasteiger charge is 2.22. The number of thiocarbonyl (C=S) groups is 1. The molecule has 0 aromatic heterocycles. The Hall–Kier alpha value is -2.87. The molecule has 33 heavy (non-hydrogen) atoms. The van der Waals surface area contributed by atoms with Gasteiger partial charge < -0.3 is 20.1 Å². The highest BCUT2D eigenvalue weighted by atomic mass is 35.5. The van der Waals surface area contributed by atoms with Gasteiger partial charge in [-0.2, -0.15) is 0 Å². The van der Waals surface area contributed by atoms with Crippen LogP contribution < -0.4 is 5.32 Å². The molecule has 1 heterocycles. The number of carbonyl (C=O) groups excluding carboxylic acids is 1. The van der Waals surface area contributed by atoms with Crippen molar-refractivity contribution in [1.29, 1.82) is 0 Å². The molecule has 1 unspecified atom stereocenters. The van der Waals surface area contributed by atoms with E-state index in [-0.39, 0.29) is 18.5 Å². The van der Waals surface area contributed by atoms with E-state index in [4.69, 9.17) is 50.1 Å². The highest BCUT2D eigenvalue weighted by molar-refractivity contribution is 7.78. The van der Waals surface area contributed by atoms with Crippen molar-refractivity contribution < 1.29 is 19.4 Å². The summed E-state index contributed by atoms with van der Waals surface area (Å²) in [6, 6.07) is 15.4. The number of nitrogens with one attached hydrogen (secondary N) is 1. The lowest BCUT2D eigenvalue weighted by molar-refractivity contribution is -0.126. The molecule has 6 nitrogen and oxygen atoms in total. The minimum Gasteiger partial charge on any atom is -0.486 e. The van der Waals surface area contributed by atoms with Crippen LogP contribution in [0, 0.1) is 0 Å². The minimum atomic E-state index is -0.279. The molecule has 0 saturated heterocycles. The number of nitrogens with zero attached hydrogens (tertiary/aromatic N) is 1. The Morgan fingerprint density at radius 1 is 1.24 bits per heavy atom. The topological polar surface area (TPSA) is 78.9 Å². The molecule has 1 aliphatic heterocycles. The largest absolute Gasteiger partial charge is 0.486 e. The van der Waals surface area contributed by atoms with Crippen LogP contribution in [0.2, 0.25) is 10.0 Å². The van der Waals surface area contributed by atoms with Gasteiger partial charge in [-0.15, -0.1) is 0 Å². The van der Waals surface area contributed by atoms with Crippen molar-refractivity contribution >= 4 is 59.0 Å². The third-order valence-corrected chi connectivity index (χ3v) is 5.60. The van der Waals surface area contributed by atoms with Gasteiger partial charge in [0.05, 0.1) is 15.5 Å². The van der Waals surface area contributed by atoms with Crippen LogP contribution in [0.3, 0.4) is 0 Å². The average Bonchev–Trinajstić information content (AvgIpc) is 3.28. The van der Waals surface area contributed by atoms with E-state index < -0.39 is 0 Å². The van der Waals surface area contributed by atoms with E-state index in [0.717, 1.165) is 12.0 Å². The Bertz CT molecular complexity index is 1030. The molecular formula is C24H24Cl2N2O4S. The van der Waals surface area contributed by atoms with Gasteiger partial charge >= 0.3 is 0 Å². The van der Waals surface area contributed by atoms with Crippen molar-refractivity contribution in [2.24, 2.45) is 0 Å². The molecule has 0 spiro atoms. The first-order chi connectivity index (χ1) is 15.9. The van der Waals surface area contributed by atoms with Crippen LogP contribution >= 0.6 is 35.4 Å². The molecule has 9 heteroatoms. The van der Waals surface area contributed by atoms with Crippen LogP contribution in [0.25, 0.3) is 5.76 Å². The number of rotatable bonds is 8. The Balaban J connectivity index is 0.00000122. The van der Waals surface area contributed by atoms with E-state index in [1.807, 2.05) is 42.5 Å². The molecule has 0 radical (unpaired) electrons. The van der Waals surface area contributed by atoms with Crippen LogP contribution in [0.4, 0.5) is 0 Å². The molecule has 0 aliphatic carbocycles. The van der Waals surface area contributed by atoms with Gasteiger partial charge in [0.2, 0.25) is 0 Å². The van der Waals surface area contributed by atoms with Crippen molar-refractivity contribution in [3.05, 3.63) is 87.6 Å². The Morgan fingerprint density at radius 3 is 2.58 bits per heavy atom. The zero-order valence-corrected chi connectivity index (χ0v) is 20.2. The monoisotopic (exact) mass is 506 g/mol. The Kier molecular flexibility index (Phi) is 10.9. The Labute approximate surface area is 208 Å². The summed E-state index contributed by atoms with van der Waals surface area (Å²) < 4.78 is 6.00. The SMILES string of the molecule is CN(CCc1ccccc1)C(=O)/C(=C\C1CC=C(c2ccc(Cl)c(Cl)c2)O1)NC=S.O=CO. The van der Waals surface area contributed by atoms with Crippen LogP contribution in [0.15, 0.2) is 66.4 Å². The average molecular weight is 507 g/mol. The molecule has 0 fully saturated rings. The summed E-state index contributed by atoms with van der Waals surface area (Å²) in [7, 11) is 1.78. The van der Waals surface area contributed by atoms with Gasteiger partial charge in [0, 0.05) is 25.6 Å². The van der Waals surface area contributed by atoms with Crippen LogP contribution in [0.1, 0.15) is 17.5 Å². The van der Waals surface area contributed by atoms with Gasteiger partial charge in [-0.3, -0.25) is 9.59 Å². The number of amides is 1. The lowest BCUT2D eigenvalue weighted by Gasteiger charge is -2.20. The maximum atomic E-state index is 12.9. The molecule has 0 bridgehead atoms. The number of carboxylic acid groups (broad SMARTS) is 1. The van der Waals surface area contributed by atoms with Crippen LogP contribution in [0.5, 0.6) is 0 Å². The highest BCUT2D eigenvalue weighted by Crippen LogP contribution is 2.31. The Morgan fingerprint density at radius 2 is 1.94 bits per heavy atom. The van der Waals surface area contributed by atoms with Crippen molar-refractivity contribution in [3.8, 4) is 0 Å². The second-order valence-corrected chi connectivity index (χ2v) is 8.05. The van der Waals surface area contributed by atoms with Crippen molar-refractivity contribution in [3.63, 3.8) is 0 Å².